The second-order valence-corrected chi connectivity index (χ2v) is 4.97. The SMILES string of the molecule is CC(=O)Nc1ccc(C(=O)O)cc1CNC(=O)C(Cl)Cl. The maximum Gasteiger partial charge on any atom is 0.335 e. The van der Waals surface area contributed by atoms with E-state index in [1.165, 1.54) is 25.1 Å². The highest BCUT2D eigenvalue weighted by Gasteiger charge is 2.13. The molecule has 8 heteroatoms. The second-order valence-electron chi connectivity index (χ2n) is 3.88. The van der Waals surface area contributed by atoms with Crippen LogP contribution >= 0.6 is 23.2 Å². The number of benzene rings is 1. The number of hydrogen-bond acceptors (Lipinski definition) is 3. The Labute approximate surface area is 125 Å². The van der Waals surface area contributed by atoms with Gasteiger partial charge in [0.2, 0.25) is 5.91 Å². The van der Waals surface area contributed by atoms with Crippen molar-refractivity contribution >= 4 is 46.7 Å². The van der Waals surface area contributed by atoms with Gasteiger partial charge in [0.15, 0.2) is 4.84 Å². The molecule has 0 saturated heterocycles. The summed E-state index contributed by atoms with van der Waals surface area (Å²) >= 11 is 10.8. The molecule has 20 heavy (non-hydrogen) atoms. The Morgan fingerprint density at radius 3 is 2.45 bits per heavy atom. The van der Waals surface area contributed by atoms with Gasteiger partial charge < -0.3 is 15.7 Å². The number of carboxylic acid groups (broad SMARTS) is 1. The van der Waals surface area contributed by atoms with E-state index in [4.69, 9.17) is 28.3 Å². The molecule has 0 radical (unpaired) electrons. The highest BCUT2D eigenvalue weighted by atomic mass is 35.5. The number of carboxylic acids is 1. The van der Waals surface area contributed by atoms with Crippen LogP contribution in [0.3, 0.4) is 0 Å². The Hall–Kier alpha value is -1.79. The van der Waals surface area contributed by atoms with E-state index in [9.17, 15) is 14.4 Å². The topological polar surface area (TPSA) is 95.5 Å². The molecular weight excluding hydrogens is 307 g/mol. The van der Waals surface area contributed by atoms with Crippen LogP contribution in [-0.4, -0.2) is 27.7 Å². The van der Waals surface area contributed by atoms with Crippen molar-refractivity contribution in [2.24, 2.45) is 0 Å². The van der Waals surface area contributed by atoms with E-state index in [2.05, 4.69) is 10.6 Å². The van der Waals surface area contributed by atoms with Gasteiger partial charge in [-0.1, -0.05) is 23.2 Å². The minimum absolute atomic E-state index is 0.00843. The number of hydrogen-bond donors (Lipinski definition) is 3. The lowest BCUT2D eigenvalue weighted by Crippen LogP contribution is -2.28. The molecule has 0 saturated carbocycles. The largest absolute Gasteiger partial charge is 0.478 e. The molecule has 1 rings (SSSR count). The van der Waals surface area contributed by atoms with Crippen LogP contribution in [0, 0.1) is 0 Å². The molecule has 0 heterocycles. The Morgan fingerprint density at radius 1 is 1.30 bits per heavy atom. The zero-order valence-electron chi connectivity index (χ0n) is 10.4. The van der Waals surface area contributed by atoms with Crippen LogP contribution < -0.4 is 10.6 Å². The smallest absolute Gasteiger partial charge is 0.335 e. The van der Waals surface area contributed by atoms with Gasteiger partial charge in [-0.05, 0) is 23.8 Å². The van der Waals surface area contributed by atoms with Crippen LogP contribution in [0.25, 0.3) is 0 Å². The van der Waals surface area contributed by atoms with Crippen molar-refractivity contribution < 1.29 is 19.5 Å². The van der Waals surface area contributed by atoms with Gasteiger partial charge in [0.1, 0.15) is 0 Å². The normalized spacial score (nSPS) is 10.2. The average molecular weight is 319 g/mol. The summed E-state index contributed by atoms with van der Waals surface area (Å²) in [7, 11) is 0. The molecule has 0 unspecified atom stereocenters. The van der Waals surface area contributed by atoms with Crippen molar-refractivity contribution in [1.29, 1.82) is 0 Å². The van der Waals surface area contributed by atoms with E-state index in [1.54, 1.807) is 0 Å². The molecule has 0 aromatic heterocycles. The van der Waals surface area contributed by atoms with Crippen molar-refractivity contribution in [3.8, 4) is 0 Å². The first-order valence-corrected chi connectivity index (χ1v) is 6.38. The molecule has 0 aliphatic heterocycles. The molecule has 2 amide bonds. The van der Waals surface area contributed by atoms with E-state index in [-0.39, 0.29) is 18.0 Å². The first kappa shape index (κ1) is 16.3. The van der Waals surface area contributed by atoms with E-state index in [0.29, 0.717) is 11.3 Å². The summed E-state index contributed by atoms with van der Waals surface area (Å²) in [6.45, 7) is 1.31. The monoisotopic (exact) mass is 318 g/mol. The maximum absolute atomic E-state index is 11.3. The van der Waals surface area contributed by atoms with Crippen molar-refractivity contribution in [3.63, 3.8) is 0 Å². The Kier molecular flexibility index (Phi) is 5.79. The van der Waals surface area contributed by atoms with Crippen molar-refractivity contribution in [2.75, 3.05) is 5.32 Å². The third kappa shape index (κ3) is 4.71. The molecule has 1 aromatic rings. The number of carbonyl (C=O) groups excluding carboxylic acids is 2. The molecular formula is C12H12Cl2N2O4. The number of carbonyl (C=O) groups is 3. The zero-order valence-corrected chi connectivity index (χ0v) is 12.0. The number of nitrogens with one attached hydrogen (secondary N) is 2. The number of aromatic carboxylic acids is 1. The summed E-state index contributed by atoms with van der Waals surface area (Å²) in [5, 5.41) is 13.9. The van der Waals surface area contributed by atoms with Gasteiger partial charge in [0.05, 0.1) is 5.56 Å². The highest BCUT2D eigenvalue weighted by molar-refractivity contribution is 6.53. The maximum atomic E-state index is 11.3. The molecule has 0 atom stereocenters. The average Bonchev–Trinajstić information content (AvgIpc) is 2.35. The Morgan fingerprint density at radius 2 is 1.95 bits per heavy atom. The Balaban J connectivity index is 2.98. The minimum atomic E-state index is -1.22. The van der Waals surface area contributed by atoms with Crippen LogP contribution in [-0.2, 0) is 16.1 Å². The molecule has 0 aliphatic carbocycles. The van der Waals surface area contributed by atoms with Gasteiger partial charge in [0, 0.05) is 19.2 Å². The number of rotatable bonds is 5. The summed E-state index contributed by atoms with van der Waals surface area (Å²) in [4.78, 5) is 32.1. The predicted octanol–water partition coefficient (Wildman–Crippen LogP) is 1.76. The molecule has 1 aromatic carbocycles. The van der Waals surface area contributed by atoms with Crippen molar-refractivity contribution in [3.05, 3.63) is 29.3 Å². The molecule has 3 N–H and O–H groups in total. The van der Waals surface area contributed by atoms with Gasteiger partial charge >= 0.3 is 5.97 Å². The van der Waals surface area contributed by atoms with Gasteiger partial charge in [-0.15, -0.1) is 0 Å². The quantitative estimate of drug-likeness (QED) is 0.721. The number of anilines is 1. The van der Waals surface area contributed by atoms with E-state index < -0.39 is 16.7 Å². The number of alkyl halides is 2. The zero-order chi connectivity index (χ0) is 15.3. The van der Waals surface area contributed by atoms with Crippen molar-refractivity contribution in [1.82, 2.24) is 5.32 Å². The van der Waals surface area contributed by atoms with Crippen LogP contribution in [0.4, 0.5) is 5.69 Å². The lowest BCUT2D eigenvalue weighted by atomic mass is 10.1. The lowest BCUT2D eigenvalue weighted by Gasteiger charge is -2.12. The van der Waals surface area contributed by atoms with E-state index >= 15 is 0 Å². The molecule has 108 valence electrons. The van der Waals surface area contributed by atoms with Crippen molar-refractivity contribution in [2.45, 2.75) is 18.3 Å². The molecule has 6 nitrogen and oxygen atoms in total. The molecule has 0 spiro atoms. The van der Waals surface area contributed by atoms with Crippen LogP contribution in [0.5, 0.6) is 0 Å². The fourth-order valence-corrected chi connectivity index (χ4v) is 1.60. The minimum Gasteiger partial charge on any atom is -0.478 e. The first-order chi connectivity index (χ1) is 9.31. The van der Waals surface area contributed by atoms with Crippen LogP contribution in [0.2, 0.25) is 0 Å². The highest BCUT2D eigenvalue weighted by Crippen LogP contribution is 2.18. The fourth-order valence-electron chi connectivity index (χ4n) is 1.44. The van der Waals surface area contributed by atoms with Gasteiger partial charge in [-0.3, -0.25) is 9.59 Å². The van der Waals surface area contributed by atoms with Gasteiger partial charge in [-0.25, -0.2) is 4.79 Å². The standard InChI is InChI=1S/C12H12Cl2N2O4/c1-6(17)16-9-3-2-7(12(19)20)4-8(9)5-15-11(18)10(13)14/h2-4,10H,5H2,1H3,(H,15,18)(H,16,17)(H,19,20). The second kappa shape index (κ2) is 7.12. The summed E-state index contributed by atoms with van der Waals surface area (Å²) < 4.78 is 0. The Bertz CT molecular complexity index is 546. The third-order valence-electron chi connectivity index (χ3n) is 2.31. The predicted molar refractivity (Wildman–Crippen MR) is 75.0 cm³/mol. The van der Waals surface area contributed by atoms with E-state index in [1.807, 2.05) is 0 Å². The third-order valence-corrected chi connectivity index (χ3v) is 2.71. The summed E-state index contributed by atoms with van der Waals surface area (Å²) in [5.41, 5.74) is 0.877. The fraction of sp³-hybridized carbons (Fsp3) is 0.250. The summed E-state index contributed by atoms with van der Waals surface area (Å²) in [5.74, 6) is -2.03. The number of halogens is 2. The van der Waals surface area contributed by atoms with Crippen LogP contribution in [0.15, 0.2) is 18.2 Å². The first-order valence-electron chi connectivity index (χ1n) is 5.51. The van der Waals surface area contributed by atoms with Gasteiger partial charge in [-0.2, -0.15) is 0 Å². The lowest BCUT2D eigenvalue weighted by molar-refractivity contribution is -0.119. The summed E-state index contributed by atoms with van der Waals surface area (Å²) in [6.07, 6.45) is 0. The van der Waals surface area contributed by atoms with E-state index in [0.717, 1.165) is 0 Å². The van der Waals surface area contributed by atoms with Gasteiger partial charge in [0.25, 0.3) is 5.91 Å². The molecule has 0 aliphatic rings. The molecule has 0 bridgehead atoms. The summed E-state index contributed by atoms with van der Waals surface area (Å²) in [6, 6.07) is 4.15. The van der Waals surface area contributed by atoms with Crippen LogP contribution in [0.1, 0.15) is 22.8 Å². The molecule has 0 fully saturated rings. The number of amides is 2.